The molecule has 0 fully saturated rings. The lowest BCUT2D eigenvalue weighted by Gasteiger charge is -2.36. The first-order chi connectivity index (χ1) is 11.3. The Morgan fingerprint density at radius 3 is 2.50 bits per heavy atom. The number of hydrogen-bond acceptors (Lipinski definition) is 2. The molecule has 1 aliphatic rings. The molecule has 1 aliphatic heterocycles. The summed E-state index contributed by atoms with van der Waals surface area (Å²) in [7, 11) is 0. The first kappa shape index (κ1) is 16.6. The van der Waals surface area contributed by atoms with Crippen LogP contribution in [-0.4, -0.2) is 9.55 Å². The number of hydrogen-bond donors (Lipinski definition) is 0. The number of nitrogens with zero attached hydrogens (tertiary/aromatic N) is 2. The van der Waals surface area contributed by atoms with Gasteiger partial charge in [-0.15, -0.1) is 0 Å². The number of rotatable bonds is 2. The van der Waals surface area contributed by atoms with Crippen molar-refractivity contribution in [3.63, 3.8) is 0 Å². The molecule has 0 radical (unpaired) electrons. The fourth-order valence-corrected chi connectivity index (χ4v) is 3.75. The maximum atomic E-state index is 12.7. The molecular formula is C20H26N3O+. The van der Waals surface area contributed by atoms with Crippen molar-refractivity contribution in [3.8, 4) is 11.4 Å². The van der Waals surface area contributed by atoms with E-state index in [-0.39, 0.29) is 11.0 Å². The maximum Gasteiger partial charge on any atom is 0.338 e. The van der Waals surface area contributed by atoms with Gasteiger partial charge in [0.1, 0.15) is 5.54 Å². The Hall–Kier alpha value is -2.23. The maximum absolute atomic E-state index is 12.7. The van der Waals surface area contributed by atoms with Gasteiger partial charge in [0.2, 0.25) is 0 Å². The topological polar surface area (TPSA) is 49.0 Å². The molecule has 0 saturated carbocycles. The lowest BCUT2D eigenvalue weighted by Crippen LogP contribution is -2.47. The summed E-state index contributed by atoms with van der Waals surface area (Å²) in [5.74, 6) is 0.821. The average molecular weight is 324 g/mol. The second kappa shape index (κ2) is 5.40. The number of aromatic nitrogens is 3. The van der Waals surface area contributed by atoms with Gasteiger partial charge in [-0.3, -0.25) is 4.98 Å². The quantitative estimate of drug-likeness (QED) is 0.848. The summed E-state index contributed by atoms with van der Waals surface area (Å²) in [6.07, 6.45) is 5.22. The van der Waals surface area contributed by atoms with Gasteiger partial charge in [0.25, 0.3) is 5.82 Å². The Balaban J connectivity index is 2.40. The Morgan fingerprint density at radius 2 is 1.92 bits per heavy atom. The second-order valence-corrected chi connectivity index (χ2v) is 7.58. The van der Waals surface area contributed by atoms with E-state index in [0.29, 0.717) is 0 Å². The van der Waals surface area contributed by atoms with Crippen molar-refractivity contribution in [1.29, 1.82) is 0 Å². The number of allylic oxidation sites excluding steroid dienone is 1. The van der Waals surface area contributed by atoms with E-state index in [1.807, 2.05) is 10.8 Å². The van der Waals surface area contributed by atoms with Crippen LogP contribution in [0.15, 0.2) is 35.9 Å². The highest BCUT2D eigenvalue weighted by Gasteiger charge is 2.46. The minimum absolute atomic E-state index is 0.000789. The van der Waals surface area contributed by atoms with Crippen molar-refractivity contribution in [1.82, 2.24) is 9.55 Å². The van der Waals surface area contributed by atoms with Crippen LogP contribution < -0.4 is 10.5 Å². The number of nitrogens with one attached hydrogen (secondary N) is 1. The van der Waals surface area contributed by atoms with Gasteiger partial charge in [0.15, 0.2) is 0 Å². The second-order valence-electron chi connectivity index (χ2n) is 7.58. The van der Waals surface area contributed by atoms with Crippen molar-refractivity contribution < 1.29 is 4.98 Å². The van der Waals surface area contributed by atoms with Crippen molar-refractivity contribution >= 4 is 5.57 Å². The first-order valence-corrected chi connectivity index (χ1v) is 8.61. The van der Waals surface area contributed by atoms with Crippen LogP contribution in [0.3, 0.4) is 0 Å². The van der Waals surface area contributed by atoms with Crippen molar-refractivity contribution in [2.24, 2.45) is 0 Å². The minimum Gasteiger partial charge on any atom is -0.260 e. The van der Waals surface area contributed by atoms with Crippen LogP contribution in [0.25, 0.3) is 17.0 Å². The molecule has 1 N–H and O–H groups in total. The molecule has 0 aliphatic carbocycles. The van der Waals surface area contributed by atoms with Gasteiger partial charge in [0, 0.05) is 28.4 Å². The van der Waals surface area contributed by atoms with Crippen LogP contribution in [0.5, 0.6) is 0 Å². The van der Waals surface area contributed by atoms with Gasteiger partial charge in [-0.25, -0.2) is 9.78 Å². The predicted molar refractivity (Wildman–Crippen MR) is 96.8 cm³/mol. The Bertz CT molecular complexity index is 867. The molecular weight excluding hydrogens is 298 g/mol. The van der Waals surface area contributed by atoms with Crippen molar-refractivity contribution in [2.75, 3.05) is 0 Å². The summed E-state index contributed by atoms with van der Waals surface area (Å²) in [5, 5.41) is 0. The van der Waals surface area contributed by atoms with E-state index >= 15 is 0 Å². The third-order valence-corrected chi connectivity index (χ3v) is 5.30. The summed E-state index contributed by atoms with van der Waals surface area (Å²) in [5.41, 5.74) is 3.66. The van der Waals surface area contributed by atoms with Crippen LogP contribution >= 0.6 is 0 Å². The lowest BCUT2D eigenvalue weighted by atomic mass is 9.76. The minimum atomic E-state index is -0.395. The largest absolute Gasteiger partial charge is 0.338 e. The van der Waals surface area contributed by atoms with E-state index in [2.05, 4.69) is 57.2 Å². The van der Waals surface area contributed by atoms with Gasteiger partial charge in [-0.2, -0.15) is 4.57 Å². The Morgan fingerprint density at radius 1 is 1.25 bits per heavy atom. The highest BCUT2D eigenvalue weighted by molar-refractivity contribution is 5.83. The number of aromatic amines is 1. The van der Waals surface area contributed by atoms with Crippen LogP contribution in [0, 0.1) is 0 Å². The van der Waals surface area contributed by atoms with E-state index in [1.165, 1.54) is 0 Å². The zero-order valence-electron chi connectivity index (χ0n) is 15.2. The molecule has 4 nitrogen and oxygen atoms in total. The van der Waals surface area contributed by atoms with Gasteiger partial charge >= 0.3 is 5.56 Å². The van der Waals surface area contributed by atoms with Gasteiger partial charge in [-0.05, 0) is 18.9 Å². The normalized spacial score (nSPS) is 15.8. The number of fused-ring (bicyclic) bond motifs is 3. The fraction of sp³-hybridized carbons (Fsp3) is 0.450. The Labute approximate surface area is 143 Å². The summed E-state index contributed by atoms with van der Waals surface area (Å²) in [6, 6.07) is 3.73. The average Bonchev–Trinajstić information content (AvgIpc) is 2.55. The third kappa shape index (κ3) is 2.16. The Kier molecular flexibility index (Phi) is 3.74. The summed E-state index contributed by atoms with van der Waals surface area (Å²) < 4.78 is 1.87. The highest BCUT2D eigenvalue weighted by atomic mass is 16.1. The first-order valence-electron chi connectivity index (χ1n) is 8.61. The van der Waals surface area contributed by atoms with Gasteiger partial charge < -0.3 is 0 Å². The molecule has 3 rings (SSSR count). The molecule has 0 saturated heterocycles. The van der Waals surface area contributed by atoms with Crippen molar-refractivity contribution in [3.05, 3.63) is 52.7 Å². The molecule has 2 aromatic rings. The van der Waals surface area contributed by atoms with E-state index in [1.54, 1.807) is 12.3 Å². The molecule has 3 heterocycles. The number of pyridine rings is 1. The predicted octanol–water partition coefficient (Wildman–Crippen LogP) is 3.56. The molecule has 0 amide bonds. The zero-order chi connectivity index (χ0) is 17.7. The highest BCUT2D eigenvalue weighted by Crippen LogP contribution is 2.46. The standard InChI is InChI=1S/C20H25N3O/c1-7-20(8-2)13(3)14-11-16(19(4,5)6)22-12-15(14)18-21-10-9-17(24)23(18)20/h9-12H,3,7-8H2,1-2,4-6H3/p+1. The molecule has 24 heavy (non-hydrogen) atoms. The van der Waals surface area contributed by atoms with Crippen LogP contribution in [0.1, 0.15) is 58.7 Å². The molecule has 0 spiro atoms. The third-order valence-electron chi connectivity index (χ3n) is 5.30. The van der Waals surface area contributed by atoms with Crippen molar-refractivity contribution in [2.45, 2.75) is 58.4 Å². The van der Waals surface area contributed by atoms with E-state index in [4.69, 9.17) is 0 Å². The molecule has 0 bridgehead atoms. The molecule has 2 aromatic heterocycles. The zero-order valence-corrected chi connectivity index (χ0v) is 15.2. The van der Waals surface area contributed by atoms with E-state index in [9.17, 15) is 4.79 Å². The summed E-state index contributed by atoms with van der Waals surface area (Å²) in [4.78, 5) is 20.6. The summed E-state index contributed by atoms with van der Waals surface area (Å²) in [6.45, 7) is 15.1. The molecule has 4 heteroatoms. The smallest absolute Gasteiger partial charge is 0.260 e. The van der Waals surface area contributed by atoms with E-state index in [0.717, 1.165) is 41.1 Å². The monoisotopic (exact) mass is 324 g/mol. The summed E-state index contributed by atoms with van der Waals surface area (Å²) >= 11 is 0. The van der Waals surface area contributed by atoms with Crippen LogP contribution in [-0.2, 0) is 11.0 Å². The molecule has 0 unspecified atom stereocenters. The van der Waals surface area contributed by atoms with Crippen LogP contribution in [0.2, 0.25) is 0 Å². The van der Waals surface area contributed by atoms with E-state index < -0.39 is 5.54 Å². The van der Waals surface area contributed by atoms with Gasteiger partial charge in [-0.1, -0.05) is 41.2 Å². The molecule has 126 valence electrons. The molecule has 0 atom stereocenters. The van der Waals surface area contributed by atoms with Gasteiger partial charge in [0.05, 0.1) is 17.8 Å². The molecule has 0 aromatic carbocycles. The van der Waals surface area contributed by atoms with Crippen LogP contribution in [0.4, 0.5) is 0 Å². The SMILES string of the molecule is C=C1c2cc(C(C)(C)C)ncc2-c2[nH+]ccc(=O)n2C1(CC)CC. The fourth-order valence-electron chi connectivity index (χ4n) is 3.75. The number of H-pyrrole nitrogens is 1. The lowest BCUT2D eigenvalue weighted by molar-refractivity contribution is -0.373.